The molecule has 27 nitrogen and oxygen atoms in total. The monoisotopic (exact) mass is 1480 g/mol. The molecule has 0 spiro atoms. The molecule has 2 heterocycles. The van der Waals surface area contributed by atoms with Gasteiger partial charge >= 0.3 is 73.9 Å². The van der Waals surface area contributed by atoms with Crippen molar-refractivity contribution in [1.82, 2.24) is 0 Å². The van der Waals surface area contributed by atoms with Crippen molar-refractivity contribution < 1.29 is 130 Å². The number of methoxy groups -OCH3 is 6. The molecule has 4 N–H and O–H groups in total. The number of phenols is 3. The molecule has 2 radical (unpaired) electrons. The van der Waals surface area contributed by atoms with Gasteiger partial charge in [-0.3, -0.25) is 0 Å². The second kappa shape index (κ2) is 40.7. The van der Waals surface area contributed by atoms with E-state index < -0.39 is 94.8 Å². The summed E-state index contributed by atoms with van der Waals surface area (Å²) in [6.07, 6.45) is 3.06. The van der Waals surface area contributed by atoms with E-state index in [9.17, 15) is 58.2 Å². The van der Waals surface area contributed by atoms with Crippen LogP contribution >= 0.6 is 0 Å². The van der Waals surface area contributed by atoms with Crippen LogP contribution in [0.4, 0.5) is 0 Å². The first-order valence-electron chi connectivity index (χ1n) is 33.3. The van der Waals surface area contributed by atoms with E-state index in [1.807, 2.05) is 55.4 Å². The van der Waals surface area contributed by atoms with Gasteiger partial charge < -0.3 is 81.7 Å². The largest absolute Gasteiger partial charge is 0.507 e. The van der Waals surface area contributed by atoms with Gasteiger partial charge in [0.05, 0.1) is 112 Å². The minimum absolute atomic E-state index is 0.0622. The first kappa shape index (κ1) is 94.2. The van der Waals surface area contributed by atoms with Crippen LogP contribution in [0.1, 0.15) is 254 Å². The van der Waals surface area contributed by atoms with Crippen LogP contribution in [0.2, 0.25) is 6.22 Å². The lowest BCUT2D eigenvalue weighted by molar-refractivity contribution is 0.00545. The molecule has 2 aliphatic rings. The molecular formula is C76H103B3O27. The summed E-state index contributed by atoms with van der Waals surface area (Å²) in [4.78, 5) is 115. The van der Waals surface area contributed by atoms with Crippen LogP contribution in [0.5, 0.6) is 17.2 Å². The van der Waals surface area contributed by atoms with Crippen LogP contribution in [0.3, 0.4) is 0 Å². The Kier molecular flexibility index (Phi) is 36.1. The third kappa shape index (κ3) is 29.3. The van der Waals surface area contributed by atoms with E-state index in [-0.39, 0.29) is 80.1 Å². The number of ether oxygens (including phenoxy) is 9. The Labute approximate surface area is 623 Å². The van der Waals surface area contributed by atoms with E-state index in [0.29, 0.717) is 22.8 Å². The van der Waals surface area contributed by atoms with Gasteiger partial charge in [0.2, 0.25) is 0 Å². The van der Waals surface area contributed by atoms with Crippen molar-refractivity contribution in [3.63, 3.8) is 0 Å². The number of aromatic carboxylic acids is 1. The van der Waals surface area contributed by atoms with E-state index in [1.165, 1.54) is 110 Å². The predicted octanol–water partition coefficient (Wildman–Crippen LogP) is 12.5. The van der Waals surface area contributed by atoms with Gasteiger partial charge in [-0.1, -0.05) is 45.0 Å². The Balaban J connectivity index is 0.000000641. The molecule has 0 unspecified atom stereocenters. The molecule has 0 aromatic heterocycles. The number of carbonyl (C=O) groups excluding carboxylic acids is 9. The van der Waals surface area contributed by atoms with Crippen LogP contribution < -0.4 is 5.46 Å². The number of hydrogen-bond acceptors (Lipinski definition) is 26. The number of carbonyl (C=O) groups is 10. The van der Waals surface area contributed by atoms with Gasteiger partial charge in [-0.05, 0) is 215 Å². The molecule has 0 atom stereocenters. The molecule has 30 heteroatoms. The molecule has 0 aliphatic carbocycles. The van der Waals surface area contributed by atoms with E-state index in [2.05, 4.69) is 37.5 Å². The Hall–Kier alpha value is -9.77. The SMILES string of the molecule is CCCC.COC(=O)c1ccc(B2OC(C)(C)C(C)(C)O2)c(C(=O)OC(C)(C)C)c1.COC(=O)c1ccc(C)c(C(=O)OC(C)(C)C)c1.COC(=O)c1ccc(O)c(C(=O)O)c1.COC(=O)c1ccc(O)c(C(=O)OC(C)(C)C)c1.COC(=O)c1ccc(O)c(C(=O)OC)c1.[B]CB1OC(C)(C)C(C)(C)O1. The van der Waals surface area contributed by atoms with Gasteiger partial charge in [0, 0.05) is 0 Å². The number of aryl methyl sites for hydroxylation is 1. The molecule has 578 valence electrons. The standard InChI is InChI=1S/C19H27BO6.C14H18O4.C13H16O5.C10H10O5.C9H8O5.C7H14B2O2.C4H10/c1-17(2,3)24-16(22)13-11-12(15(21)23-8)9-10-14(13)20-25-18(4,5)19(6,7)26-20;1-9-6-7-10(12(15)17-5)8-11(9)13(16)18-14(2,3)4;1-13(2,3)18-12(16)9-7-8(11(15)17-4)5-6-10(9)14;1-14-9(12)6-3-4-8(11)7(5-6)10(13)15-2;1-14-9(13)5-2-3-7(10)6(4-5)8(11)12;1-6(2)7(3,4)11-9(5-8)10-6;1-3-4-2/h9-11H,1-8H3;6-8H,1-5H3;5-7,14H,1-4H3;3-5,11H,1-2H3;2-4,10H,1H3,(H,11,12);5H2,1-4H3;3-4H2,1-2H3. The second-order valence-corrected chi connectivity index (χ2v) is 28.3. The lowest BCUT2D eigenvalue weighted by Gasteiger charge is -2.32. The number of hydrogen-bond donors (Lipinski definition) is 4. The van der Waals surface area contributed by atoms with Crippen molar-refractivity contribution >= 4 is 87.2 Å². The van der Waals surface area contributed by atoms with Crippen LogP contribution in [0, 0.1) is 6.92 Å². The third-order valence-electron chi connectivity index (χ3n) is 15.4. The van der Waals surface area contributed by atoms with Crippen molar-refractivity contribution in [2.75, 3.05) is 42.7 Å². The molecule has 106 heavy (non-hydrogen) atoms. The zero-order valence-corrected chi connectivity index (χ0v) is 65.7. The summed E-state index contributed by atoms with van der Waals surface area (Å²) in [7, 11) is 11.9. The maximum Gasteiger partial charge on any atom is 0.495 e. The number of aromatic hydroxyl groups is 3. The number of esters is 9. The second-order valence-electron chi connectivity index (χ2n) is 28.3. The smallest absolute Gasteiger partial charge is 0.495 e. The average molecular weight is 1480 g/mol. The quantitative estimate of drug-likeness (QED) is 0.0483. The molecule has 7 rings (SSSR count). The minimum Gasteiger partial charge on any atom is -0.507 e. The molecule has 2 saturated heterocycles. The molecule has 2 fully saturated rings. The minimum atomic E-state index is -1.30. The number of phenolic OH excluding ortho intramolecular Hbond substituents is 2. The third-order valence-corrected chi connectivity index (χ3v) is 15.4. The lowest BCUT2D eigenvalue weighted by Crippen LogP contribution is -2.41. The van der Waals surface area contributed by atoms with Gasteiger partial charge in [0.1, 0.15) is 50.7 Å². The van der Waals surface area contributed by atoms with Crippen LogP contribution in [0.25, 0.3) is 0 Å². The maximum atomic E-state index is 12.7. The van der Waals surface area contributed by atoms with Gasteiger partial charge in [0.25, 0.3) is 0 Å². The predicted molar refractivity (Wildman–Crippen MR) is 395 cm³/mol. The Bertz CT molecular complexity index is 3750. The molecule has 5 aromatic carbocycles. The highest BCUT2D eigenvalue weighted by atomic mass is 16.7. The van der Waals surface area contributed by atoms with Gasteiger partial charge in [0.15, 0.2) is 0 Å². The molecule has 2 aliphatic heterocycles. The summed E-state index contributed by atoms with van der Waals surface area (Å²) in [5.74, 6) is -7.37. The van der Waals surface area contributed by atoms with E-state index >= 15 is 0 Å². The normalized spacial score (nSPS) is 14.0. The lowest BCUT2D eigenvalue weighted by atomic mass is 9.73. The van der Waals surface area contributed by atoms with E-state index in [1.54, 1.807) is 93.5 Å². The first-order chi connectivity index (χ1) is 48.7. The molecule has 5 aromatic rings. The van der Waals surface area contributed by atoms with Crippen molar-refractivity contribution in [3.8, 4) is 17.2 Å². The van der Waals surface area contributed by atoms with Crippen LogP contribution in [0.15, 0.2) is 91.0 Å². The van der Waals surface area contributed by atoms with Gasteiger partial charge in [-0.25, -0.2) is 47.9 Å². The Morgan fingerprint density at radius 3 is 0.925 bits per heavy atom. The van der Waals surface area contributed by atoms with Crippen molar-refractivity contribution in [3.05, 3.63) is 152 Å². The van der Waals surface area contributed by atoms with Crippen molar-refractivity contribution in [1.29, 1.82) is 0 Å². The Morgan fingerprint density at radius 1 is 0.377 bits per heavy atom. The summed E-state index contributed by atoms with van der Waals surface area (Å²) in [6, 6.07) is 20.7. The summed E-state index contributed by atoms with van der Waals surface area (Å²) in [6.45, 7) is 37.8. The van der Waals surface area contributed by atoms with Crippen molar-refractivity contribution in [2.45, 2.75) is 197 Å². The summed E-state index contributed by atoms with van der Waals surface area (Å²) in [5.41, 5.74) is -1.03. The number of carboxylic acid groups (broad SMARTS) is 1. The zero-order valence-electron chi connectivity index (χ0n) is 65.7. The maximum absolute atomic E-state index is 12.7. The summed E-state index contributed by atoms with van der Waals surface area (Å²) < 4.78 is 66.3. The number of benzene rings is 5. The average Bonchev–Trinajstić information content (AvgIpc) is 1.62. The molecule has 0 saturated carbocycles. The summed E-state index contributed by atoms with van der Waals surface area (Å²) >= 11 is 0. The van der Waals surface area contributed by atoms with Gasteiger partial charge in [-0.2, -0.15) is 0 Å². The molecule has 0 bridgehead atoms. The fourth-order valence-corrected chi connectivity index (χ4v) is 8.25. The Morgan fingerprint density at radius 2 is 0.632 bits per heavy atom. The number of unbranched alkanes of at least 4 members (excludes halogenated alkanes) is 1. The highest BCUT2D eigenvalue weighted by molar-refractivity contribution is 6.63. The topological polar surface area (TPSA) is 372 Å². The zero-order chi connectivity index (χ0) is 82.0. The number of carboxylic acids is 1. The van der Waals surface area contributed by atoms with Crippen LogP contribution in [-0.2, 0) is 61.2 Å². The summed E-state index contributed by atoms with van der Waals surface area (Å²) in [5, 5.41) is 36.7. The highest BCUT2D eigenvalue weighted by Crippen LogP contribution is 2.38. The van der Waals surface area contributed by atoms with Gasteiger partial charge in [-0.15, -0.1) is 0 Å². The highest BCUT2D eigenvalue weighted by Gasteiger charge is 2.53. The van der Waals surface area contributed by atoms with E-state index in [0.717, 1.165) is 17.7 Å². The molecular weight excluding hydrogens is 1380 g/mol. The van der Waals surface area contributed by atoms with E-state index in [4.69, 9.17) is 55.6 Å². The van der Waals surface area contributed by atoms with Crippen molar-refractivity contribution in [2.24, 2.45) is 0 Å². The van der Waals surface area contributed by atoms with Crippen LogP contribution in [-0.4, -0.2) is 184 Å². The fourth-order valence-electron chi connectivity index (χ4n) is 8.25. The number of rotatable bonds is 13. The first-order valence-corrected chi connectivity index (χ1v) is 33.3. The molecule has 0 amide bonds. The fraction of sp³-hybridized carbons (Fsp3) is 0.474.